The van der Waals surface area contributed by atoms with Gasteiger partial charge in [0.25, 0.3) is 0 Å². The molecule has 0 atom stereocenters. The highest BCUT2D eigenvalue weighted by molar-refractivity contribution is 7.99. The van der Waals surface area contributed by atoms with Crippen LogP contribution < -0.4 is 0 Å². The molecule has 0 amide bonds. The van der Waals surface area contributed by atoms with Gasteiger partial charge in [-0.2, -0.15) is 0 Å². The number of nitrogens with zero attached hydrogens (tertiary/aromatic N) is 1. The van der Waals surface area contributed by atoms with Gasteiger partial charge in [0.1, 0.15) is 5.01 Å². The fourth-order valence-corrected chi connectivity index (χ4v) is 3.06. The monoisotopic (exact) mass is 277 g/mol. The lowest BCUT2D eigenvalue weighted by molar-refractivity contribution is 0.0993. The summed E-state index contributed by atoms with van der Waals surface area (Å²) in [6.07, 6.45) is 0.402. The van der Waals surface area contributed by atoms with Crippen LogP contribution in [0.3, 0.4) is 0 Å². The van der Waals surface area contributed by atoms with E-state index in [0.717, 1.165) is 22.0 Å². The first-order valence-electron chi connectivity index (χ1n) is 5.86. The Bertz CT molecular complexity index is 531. The molecule has 0 N–H and O–H groups in total. The number of hydrogen-bond donors (Lipinski definition) is 0. The van der Waals surface area contributed by atoms with Gasteiger partial charge in [-0.15, -0.1) is 23.1 Å². The van der Waals surface area contributed by atoms with E-state index >= 15 is 0 Å². The fourth-order valence-electron chi connectivity index (χ4n) is 1.63. The quantitative estimate of drug-likeness (QED) is 0.611. The second kappa shape index (κ2) is 6.16. The van der Waals surface area contributed by atoms with E-state index < -0.39 is 0 Å². The largest absolute Gasteiger partial charge is 0.294 e. The molecule has 18 heavy (non-hydrogen) atoms. The molecule has 0 saturated carbocycles. The van der Waals surface area contributed by atoms with Crippen molar-refractivity contribution in [1.29, 1.82) is 0 Å². The predicted molar refractivity (Wildman–Crippen MR) is 77.7 cm³/mol. The molecule has 0 saturated heterocycles. The first kappa shape index (κ1) is 13.3. The lowest BCUT2D eigenvalue weighted by Gasteiger charge is -2.01. The first-order valence-corrected chi connectivity index (χ1v) is 7.72. The number of rotatable bonds is 5. The topological polar surface area (TPSA) is 30.0 Å². The van der Waals surface area contributed by atoms with Gasteiger partial charge in [0.2, 0.25) is 0 Å². The first-order chi connectivity index (χ1) is 8.69. The van der Waals surface area contributed by atoms with Crippen molar-refractivity contribution in [2.24, 2.45) is 0 Å². The lowest BCUT2D eigenvalue weighted by Crippen LogP contribution is -2.03. The van der Waals surface area contributed by atoms with E-state index in [1.165, 1.54) is 4.90 Å². The van der Waals surface area contributed by atoms with Gasteiger partial charge in [-0.1, -0.05) is 19.1 Å². The Kier molecular flexibility index (Phi) is 4.55. The minimum Gasteiger partial charge on any atom is -0.294 e. The molecule has 1 heterocycles. The van der Waals surface area contributed by atoms with Crippen LogP contribution in [0.4, 0.5) is 0 Å². The lowest BCUT2D eigenvalue weighted by atomic mass is 10.1. The van der Waals surface area contributed by atoms with Crippen molar-refractivity contribution in [3.05, 3.63) is 45.9 Å². The highest BCUT2D eigenvalue weighted by Crippen LogP contribution is 2.19. The van der Waals surface area contributed by atoms with Crippen LogP contribution in [-0.2, 0) is 6.42 Å². The van der Waals surface area contributed by atoms with Crippen LogP contribution in [0.5, 0.6) is 0 Å². The molecule has 1 aromatic carbocycles. The Balaban J connectivity index is 2.04. The van der Waals surface area contributed by atoms with Crippen LogP contribution in [0.15, 0.2) is 34.5 Å². The average molecular weight is 277 g/mol. The summed E-state index contributed by atoms with van der Waals surface area (Å²) in [6, 6.07) is 7.82. The number of hydrogen-bond acceptors (Lipinski definition) is 4. The smallest absolute Gasteiger partial charge is 0.169 e. The summed E-state index contributed by atoms with van der Waals surface area (Å²) in [5.41, 5.74) is 1.75. The number of Topliss-reactive ketones (excluding diaryl/α,β-unsaturated/α-hetero) is 1. The molecule has 94 valence electrons. The summed E-state index contributed by atoms with van der Waals surface area (Å²) >= 11 is 3.33. The number of thioether (sulfide) groups is 1. The van der Waals surface area contributed by atoms with Crippen molar-refractivity contribution >= 4 is 28.9 Å². The Morgan fingerprint density at radius 3 is 2.61 bits per heavy atom. The van der Waals surface area contributed by atoms with E-state index in [1.54, 1.807) is 23.1 Å². The van der Waals surface area contributed by atoms with E-state index in [2.05, 4.69) is 11.9 Å². The number of aryl methyl sites for hydroxylation is 1. The molecule has 4 heteroatoms. The van der Waals surface area contributed by atoms with Crippen molar-refractivity contribution < 1.29 is 4.79 Å². The van der Waals surface area contributed by atoms with Crippen molar-refractivity contribution in [3.63, 3.8) is 0 Å². The Morgan fingerprint density at radius 2 is 2.06 bits per heavy atom. The maximum Gasteiger partial charge on any atom is 0.169 e. The van der Waals surface area contributed by atoms with Gasteiger partial charge in [-0.05, 0) is 24.8 Å². The maximum absolute atomic E-state index is 12.1. The van der Waals surface area contributed by atoms with Crippen LogP contribution >= 0.6 is 23.1 Å². The fraction of sp³-hybridized carbons (Fsp3) is 0.286. The van der Waals surface area contributed by atoms with Gasteiger partial charge in [0.05, 0.1) is 6.42 Å². The number of carbonyl (C=O) groups excluding carboxylic acids is 1. The van der Waals surface area contributed by atoms with E-state index in [-0.39, 0.29) is 5.78 Å². The number of ketones is 1. The Labute approximate surface area is 115 Å². The number of benzene rings is 1. The second-order valence-electron chi connectivity index (χ2n) is 3.94. The number of aromatic nitrogens is 1. The summed E-state index contributed by atoms with van der Waals surface area (Å²) in [7, 11) is 0. The van der Waals surface area contributed by atoms with Gasteiger partial charge >= 0.3 is 0 Å². The van der Waals surface area contributed by atoms with Crippen LogP contribution in [0.25, 0.3) is 0 Å². The standard InChI is InChI=1S/C14H15NOS2/c1-3-17-12-6-4-11(5-7-12)13(16)8-14-15-10(2)9-18-14/h4-7,9H,3,8H2,1-2H3. The molecule has 2 rings (SSSR count). The predicted octanol–water partition coefficient (Wildman–Crippen LogP) is 3.99. The van der Waals surface area contributed by atoms with Crippen LogP contribution in [0, 0.1) is 6.92 Å². The summed E-state index contributed by atoms with van der Waals surface area (Å²) in [6.45, 7) is 4.07. The molecule has 2 aromatic rings. The van der Waals surface area contributed by atoms with Crippen molar-refractivity contribution in [1.82, 2.24) is 4.98 Å². The van der Waals surface area contributed by atoms with Crippen molar-refractivity contribution in [3.8, 4) is 0 Å². The van der Waals surface area contributed by atoms with Gasteiger partial charge in [-0.3, -0.25) is 4.79 Å². The summed E-state index contributed by atoms with van der Waals surface area (Å²) < 4.78 is 0. The second-order valence-corrected chi connectivity index (χ2v) is 6.22. The van der Waals surface area contributed by atoms with Gasteiger partial charge in [-0.25, -0.2) is 4.98 Å². The third-order valence-electron chi connectivity index (χ3n) is 2.47. The van der Waals surface area contributed by atoms with Crippen molar-refractivity contribution in [2.75, 3.05) is 5.75 Å². The van der Waals surface area contributed by atoms with Crippen molar-refractivity contribution in [2.45, 2.75) is 25.2 Å². The molecule has 1 aromatic heterocycles. The molecule has 0 bridgehead atoms. The molecule has 0 aliphatic rings. The molecule has 0 spiro atoms. The van der Waals surface area contributed by atoms with Crippen LogP contribution in [0.1, 0.15) is 28.0 Å². The van der Waals surface area contributed by atoms with Gasteiger partial charge < -0.3 is 0 Å². The van der Waals surface area contributed by atoms with Gasteiger partial charge in [0, 0.05) is 21.5 Å². The molecule has 0 radical (unpaired) electrons. The molecule has 2 nitrogen and oxygen atoms in total. The van der Waals surface area contributed by atoms with E-state index in [0.29, 0.717) is 6.42 Å². The Morgan fingerprint density at radius 1 is 1.33 bits per heavy atom. The van der Waals surface area contributed by atoms with Crippen LogP contribution in [0.2, 0.25) is 0 Å². The molecule has 0 unspecified atom stereocenters. The zero-order valence-corrected chi connectivity index (χ0v) is 12.1. The van der Waals surface area contributed by atoms with E-state index in [9.17, 15) is 4.79 Å². The molecule has 0 aliphatic heterocycles. The summed E-state index contributed by atoms with van der Waals surface area (Å²) in [5, 5.41) is 2.87. The number of carbonyl (C=O) groups is 1. The van der Waals surface area contributed by atoms with E-state index in [1.807, 2.05) is 36.6 Å². The number of thiazole rings is 1. The third-order valence-corrected chi connectivity index (χ3v) is 4.33. The minimum absolute atomic E-state index is 0.136. The molecular formula is C14H15NOS2. The highest BCUT2D eigenvalue weighted by atomic mass is 32.2. The zero-order valence-electron chi connectivity index (χ0n) is 10.5. The minimum atomic E-state index is 0.136. The van der Waals surface area contributed by atoms with Gasteiger partial charge in [0.15, 0.2) is 5.78 Å². The van der Waals surface area contributed by atoms with Crippen LogP contribution in [-0.4, -0.2) is 16.5 Å². The zero-order chi connectivity index (χ0) is 13.0. The molecule has 0 aliphatic carbocycles. The molecule has 0 fully saturated rings. The highest BCUT2D eigenvalue weighted by Gasteiger charge is 2.09. The maximum atomic E-state index is 12.1. The normalized spacial score (nSPS) is 10.6. The third kappa shape index (κ3) is 3.43. The summed E-state index contributed by atoms with van der Waals surface area (Å²) in [4.78, 5) is 17.6. The summed E-state index contributed by atoms with van der Waals surface area (Å²) in [5.74, 6) is 1.18. The SMILES string of the molecule is CCSc1ccc(C(=O)Cc2nc(C)cs2)cc1. The van der Waals surface area contributed by atoms with E-state index in [4.69, 9.17) is 0 Å². The molecular weight excluding hydrogens is 262 g/mol. The Hall–Kier alpha value is -1.13. The average Bonchev–Trinajstić information content (AvgIpc) is 2.76.